The van der Waals surface area contributed by atoms with Gasteiger partial charge in [-0.25, -0.2) is 14.4 Å². The number of fused-ring (bicyclic) bond motifs is 2. The maximum Gasteiger partial charge on any atom is 0.250 e. The number of hydrogen-bond acceptors (Lipinski definition) is 7. The molecule has 1 aromatic heterocycles. The Morgan fingerprint density at radius 2 is 2.05 bits per heavy atom. The average molecular weight is 616 g/mol. The molecule has 1 atom stereocenters. The number of benzene rings is 3. The number of ether oxygens (including phenoxy) is 2. The van der Waals surface area contributed by atoms with Gasteiger partial charge in [-0.3, -0.25) is 9.69 Å². The van der Waals surface area contributed by atoms with Crippen LogP contribution in [0.15, 0.2) is 73.1 Å². The number of anilines is 3. The zero-order chi connectivity index (χ0) is 30.5. The summed E-state index contributed by atoms with van der Waals surface area (Å²) in [5.74, 6) is 1.27. The average Bonchev–Trinajstić information content (AvgIpc) is 3.23. The SMILES string of the molecule is CC1CCCCN1CC=CC(=O)N1CCCOc2cc3ncnc(Nc4ccc(OCc5cccc(F)c5)c(Cl)c4)c3cc21. The van der Waals surface area contributed by atoms with Crippen LogP contribution in [0.5, 0.6) is 11.5 Å². The number of rotatable bonds is 8. The molecule has 1 amide bonds. The molecule has 1 N–H and O–H groups in total. The fraction of sp³-hybridized carbons (Fsp3) is 0.324. The molecule has 2 aliphatic rings. The molecular weight excluding hydrogens is 581 g/mol. The lowest BCUT2D eigenvalue weighted by Gasteiger charge is -2.32. The minimum absolute atomic E-state index is 0.0762. The van der Waals surface area contributed by atoms with Crippen LogP contribution in [-0.4, -0.2) is 53.1 Å². The fourth-order valence-electron chi connectivity index (χ4n) is 5.68. The molecule has 2 aliphatic heterocycles. The minimum atomic E-state index is -0.316. The number of aromatic nitrogens is 2. The number of piperidine rings is 1. The van der Waals surface area contributed by atoms with E-state index >= 15 is 0 Å². The van der Waals surface area contributed by atoms with E-state index in [1.165, 1.54) is 37.7 Å². The number of hydrogen-bond donors (Lipinski definition) is 1. The number of halogens is 2. The Bertz CT molecular complexity index is 1680. The van der Waals surface area contributed by atoms with Crippen molar-refractivity contribution in [1.29, 1.82) is 0 Å². The molecule has 3 aromatic carbocycles. The first kappa shape index (κ1) is 29.8. The largest absolute Gasteiger partial charge is 0.491 e. The Balaban J connectivity index is 1.21. The van der Waals surface area contributed by atoms with Crippen molar-refractivity contribution in [3.63, 3.8) is 0 Å². The zero-order valence-electron chi connectivity index (χ0n) is 24.6. The molecular formula is C34H35ClFN5O3. The van der Waals surface area contributed by atoms with Crippen LogP contribution in [-0.2, 0) is 11.4 Å². The van der Waals surface area contributed by atoms with Gasteiger partial charge >= 0.3 is 0 Å². The van der Waals surface area contributed by atoms with Crippen molar-refractivity contribution in [2.75, 3.05) is 36.5 Å². The van der Waals surface area contributed by atoms with Gasteiger partial charge in [-0.2, -0.15) is 0 Å². The molecule has 1 saturated heterocycles. The summed E-state index contributed by atoms with van der Waals surface area (Å²) >= 11 is 6.54. The van der Waals surface area contributed by atoms with Gasteiger partial charge in [-0.05, 0) is 74.7 Å². The van der Waals surface area contributed by atoms with Crippen molar-refractivity contribution < 1.29 is 18.7 Å². The summed E-state index contributed by atoms with van der Waals surface area (Å²) in [5, 5.41) is 4.47. The van der Waals surface area contributed by atoms with Gasteiger partial charge in [-0.1, -0.05) is 36.2 Å². The number of amides is 1. The molecule has 10 heteroatoms. The van der Waals surface area contributed by atoms with Crippen LogP contribution in [0.4, 0.5) is 21.6 Å². The topological polar surface area (TPSA) is 79.8 Å². The Labute approximate surface area is 261 Å². The van der Waals surface area contributed by atoms with Crippen molar-refractivity contribution in [3.8, 4) is 11.5 Å². The Morgan fingerprint density at radius 1 is 1.14 bits per heavy atom. The van der Waals surface area contributed by atoms with Gasteiger partial charge < -0.3 is 19.7 Å². The van der Waals surface area contributed by atoms with Crippen LogP contribution < -0.4 is 19.7 Å². The first-order valence-corrected chi connectivity index (χ1v) is 15.4. The molecule has 228 valence electrons. The van der Waals surface area contributed by atoms with Crippen LogP contribution in [0.3, 0.4) is 0 Å². The second kappa shape index (κ2) is 13.6. The smallest absolute Gasteiger partial charge is 0.250 e. The van der Waals surface area contributed by atoms with Gasteiger partial charge in [0.2, 0.25) is 0 Å². The summed E-state index contributed by atoms with van der Waals surface area (Å²) in [6.45, 7) is 5.33. The molecule has 0 aliphatic carbocycles. The second-order valence-electron chi connectivity index (χ2n) is 11.2. The maximum atomic E-state index is 13.5. The Hall–Kier alpha value is -4.21. The van der Waals surface area contributed by atoms with E-state index in [1.54, 1.807) is 35.2 Å². The summed E-state index contributed by atoms with van der Waals surface area (Å²) < 4.78 is 25.4. The third-order valence-electron chi connectivity index (χ3n) is 8.08. The lowest BCUT2D eigenvalue weighted by molar-refractivity contribution is -0.114. The van der Waals surface area contributed by atoms with Gasteiger partial charge in [0, 0.05) is 42.3 Å². The molecule has 44 heavy (non-hydrogen) atoms. The predicted octanol–water partition coefficient (Wildman–Crippen LogP) is 7.29. The highest BCUT2D eigenvalue weighted by molar-refractivity contribution is 6.32. The summed E-state index contributed by atoms with van der Waals surface area (Å²) in [5.41, 5.74) is 2.78. The molecule has 6 rings (SSSR count). The van der Waals surface area contributed by atoms with Crippen molar-refractivity contribution in [1.82, 2.24) is 14.9 Å². The Morgan fingerprint density at radius 3 is 2.89 bits per heavy atom. The molecule has 0 spiro atoms. The van der Waals surface area contributed by atoms with Gasteiger partial charge in [-0.15, -0.1) is 0 Å². The van der Waals surface area contributed by atoms with Gasteiger partial charge in [0.05, 0.1) is 22.8 Å². The molecule has 1 fully saturated rings. The van der Waals surface area contributed by atoms with E-state index in [4.69, 9.17) is 21.1 Å². The summed E-state index contributed by atoms with van der Waals surface area (Å²) in [4.78, 5) is 26.6. The van der Waals surface area contributed by atoms with Crippen LogP contribution in [0.25, 0.3) is 10.9 Å². The molecule has 8 nitrogen and oxygen atoms in total. The molecule has 0 saturated carbocycles. The Kier molecular flexibility index (Phi) is 9.23. The van der Waals surface area contributed by atoms with Crippen LogP contribution in [0.1, 0.15) is 38.2 Å². The van der Waals surface area contributed by atoms with E-state index in [9.17, 15) is 9.18 Å². The quantitative estimate of drug-likeness (QED) is 0.209. The van der Waals surface area contributed by atoms with E-state index < -0.39 is 0 Å². The molecule has 1 unspecified atom stereocenters. The first-order valence-electron chi connectivity index (χ1n) is 15.0. The van der Waals surface area contributed by atoms with Crippen molar-refractivity contribution in [2.24, 2.45) is 0 Å². The highest BCUT2D eigenvalue weighted by Gasteiger charge is 2.23. The summed E-state index contributed by atoms with van der Waals surface area (Å²) in [7, 11) is 0. The van der Waals surface area contributed by atoms with E-state index in [1.807, 2.05) is 24.3 Å². The van der Waals surface area contributed by atoms with Crippen molar-refractivity contribution >= 4 is 45.6 Å². The van der Waals surface area contributed by atoms with Crippen LogP contribution >= 0.6 is 11.6 Å². The summed E-state index contributed by atoms with van der Waals surface area (Å²) in [6.07, 6.45) is 9.53. The van der Waals surface area contributed by atoms with E-state index in [-0.39, 0.29) is 18.3 Å². The highest BCUT2D eigenvalue weighted by atomic mass is 35.5. The fourth-order valence-corrected chi connectivity index (χ4v) is 5.92. The van der Waals surface area contributed by atoms with Gasteiger partial charge in [0.1, 0.15) is 36.1 Å². The molecule has 3 heterocycles. The second-order valence-corrected chi connectivity index (χ2v) is 11.6. The van der Waals surface area contributed by atoms with Crippen molar-refractivity contribution in [2.45, 2.75) is 45.3 Å². The van der Waals surface area contributed by atoms with Crippen LogP contribution in [0, 0.1) is 5.82 Å². The standard InChI is InChI=1S/C34H35ClFN5O3/c1-23-7-2-3-13-40(23)14-5-10-33(42)41-15-6-16-43-32-20-29-27(19-30(32)41)34(38-22-37-29)39-26-11-12-31(28(35)18-26)44-21-24-8-4-9-25(36)17-24/h4-5,8-12,17-20,22-23H,2-3,6-7,13-16,21H2,1H3,(H,37,38,39). The first-order chi connectivity index (χ1) is 21.4. The number of nitrogens with zero attached hydrogens (tertiary/aromatic N) is 4. The maximum absolute atomic E-state index is 13.5. The third kappa shape index (κ3) is 6.95. The highest BCUT2D eigenvalue weighted by Crippen LogP contribution is 2.38. The number of nitrogens with one attached hydrogen (secondary N) is 1. The molecule has 0 radical (unpaired) electrons. The third-order valence-corrected chi connectivity index (χ3v) is 8.37. The zero-order valence-corrected chi connectivity index (χ0v) is 25.4. The van der Waals surface area contributed by atoms with E-state index in [2.05, 4.69) is 27.1 Å². The van der Waals surface area contributed by atoms with E-state index in [0.29, 0.717) is 64.0 Å². The lowest BCUT2D eigenvalue weighted by atomic mass is 10.0. The minimum Gasteiger partial charge on any atom is -0.491 e. The van der Waals surface area contributed by atoms with Gasteiger partial charge in [0.25, 0.3) is 5.91 Å². The normalized spacial score (nSPS) is 17.2. The summed E-state index contributed by atoms with van der Waals surface area (Å²) in [6, 6.07) is 15.9. The van der Waals surface area contributed by atoms with Crippen LogP contribution in [0.2, 0.25) is 5.02 Å². The van der Waals surface area contributed by atoms with Gasteiger partial charge in [0.15, 0.2) is 0 Å². The molecule has 0 bridgehead atoms. The van der Waals surface area contributed by atoms with E-state index in [0.717, 1.165) is 24.9 Å². The predicted molar refractivity (Wildman–Crippen MR) is 171 cm³/mol. The van der Waals surface area contributed by atoms with Crippen molar-refractivity contribution in [3.05, 3.63) is 89.5 Å². The monoisotopic (exact) mass is 615 g/mol. The lowest BCUT2D eigenvalue weighted by Crippen LogP contribution is -2.37. The number of carbonyl (C=O) groups excluding carboxylic acids is 1. The molecule has 4 aromatic rings. The number of likely N-dealkylation sites (tertiary alicyclic amines) is 1. The number of carbonyl (C=O) groups is 1.